The summed E-state index contributed by atoms with van der Waals surface area (Å²) in [5.41, 5.74) is 5.08. The first kappa shape index (κ1) is 34.3. The molecule has 2 aromatic rings. The summed E-state index contributed by atoms with van der Waals surface area (Å²) in [7, 11) is 1.67. The highest BCUT2D eigenvalue weighted by Crippen LogP contribution is 2.30. The molecule has 0 aromatic carbocycles. The van der Waals surface area contributed by atoms with Crippen molar-refractivity contribution in [1.82, 2.24) is 20.4 Å². The second-order valence-corrected chi connectivity index (χ2v) is 9.58. The minimum Gasteiger partial charge on any atom is -0.475 e. The van der Waals surface area contributed by atoms with Crippen molar-refractivity contribution in [2.75, 3.05) is 32.0 Å². The molecule has 4 rings (SSSR count). The van der Waals surface area contributed by atoms with E-state index in [-0.39, 0.29) is 5.91 Å². The Morgan fingerprint density at radius 2 is 1.57 bits per heavy atom. The lowest BCUT2D eigenvalue weighted by Crippen LogP contribution is -2.26. The molecule has 2 aromatic heterocycles. The maximum Gasteiger partial charge on any atom is 0.490 e. The van der Waals surface area contributed by atoms with Crippen molar-refractivity contribution < 1.29 is 55.5 Å². The van der Waals surface area contributed by atoms with Crippen LogP contribution in [0.15, 0.2) is 10.6 Å². The third kappa shape index (κ3) is 10.5. The van der Waals surface area contributed by atoms with Gasteiger partial charge in [0.05, 0.1) is 11.3 Å². The van der Waals surface area contributed by atoms with Crippen LogP contribution in [0.3, 0.4) is 0 Å². The predicted octanol–water partition coefficient (Wildman–Crippen LogP) is 3.74. The fourth-order valence-electron chi connectivity index (χ4n) is 3.80. The molecule has 1 aliphatic heterocycles. The molecule has 1 amide bonds. The van der Waals surface area contributed by atoms with Gasteiger partial charge < -0.3 is 25.4 Å². The highest BCUT2D eigenvalue weighted by atomic mass is 19.4. The number of carboxylic acids is 2. The Morgan fingerprint density at radius 1 is 1.02 bits per heavy atom. The maximum atomic E-state index is 12.4. The van der Waals surface area contributed by atoms with Gasteiger partial charge in [-0.2, -0.15) is 26.3 Å². The number of aliphatic carboxylic acids is 2. The molecule has 234 valence electrons. The summed E-state index contributed by atoms with van der Waals surface area (Å²) in [5.74, 6) is -3.25. The molecule has 1 fully saturated rings. The van der Waals surface area contributed by atoms with E-state index < -0.39 is 24.3 Å². The second kappa shape index (κ2) is 14.3. The van der Waals surface area contributed by atoms with E-state index >= 15 is 0 Å². The van der Waals surface area contributed by atoms with Crippen molar-refractivity contribution in [2.45, 2.75) is 58.4 Å². The molecule has 1 saturated carbocycles. The number of aryl methyl sites for hydroxylation is 2. The minimum absolute atomic E-state index is 0.0783. The fourth-order valence-corrected chi connectivity index (χ4v) is 3.80. The van der Waals surface area contributed by atoms with Gasteiger partial charge in [0.2, 0.25) is 0 Å². The van der Waals surface area contributed by atoms with Gasteiger partial charge in [0.1, 0.15) is 11.6 Å². The number of nitrogens with zero attached hydrogens (tertiary/aromatic N) is 3. The second-order valence-electron chi connectivity index (χ2n) is 9.58. The number of carbonyl (C=O) groups is 3. The largest absolute Gasteiger partial charge is 0.490 e. The number of hydrogen-bond donors (Lipinski definition) is 4. The topological polar surface area (TPSA) is 158 Å². The molecule has 1 aliphatic carbocycles. The molecule has 2 aliphatic rings. The SMILES string of the molecule is CNC(=O)c1cc2c(nc1NCC1CC1)CCN(Cc1c(C)noc1C)CC2.O=C(O)C(F)(F)F.O=C(O)C(F)(F)F. The van der Waals surface area contributed by atoms with Crippen LogP contribution in [0.4, 0.5) is 32.2 Å². The zero-order chi connectivity index (χ0) is 31.8. The smallest absolute Gasteiger partial charge is 0.475 e. The number of nitrogens with one attached hydrogen (secondary N) is 2. The molecule has 3 heterocycles. The third-order valence-electron chi connectivity index (χ3n) is 6.33. The number of amides is 1. The summed E-state index contributed by atoms with van der Waals surface area (Å²) in [6.45, 7) is 7.56. The molecule has 17 heteroatoms. The van der Waals surface area contributed by atoms with E-state index in [4.69, 9.17) is 29.3 Å². The van der Waals surface area contributed by atoms with Crippen LogP contribution in [0.25, 0.3) is 0 Å². The first-order valence-corrected chi connectivity index (χ1v) is 12.7. The molecule has 0 saturated heterocycles. The molecule has 4 N–H and O–H groups in total. The summed E-state index contributed by atoms with van der Waals surface area (Å²) in [6.07, 6.45) is -5.86. The van der Waals surface area contributed by atoms with Crippen LogP contribution in [-0.4, -0.2) is 82.1 Å². The van der Waals surface area contributed by atoms with Gasteiger partial charge in [0.15, 0.2) is 0 Å². The summed E-state index contributed by atoms with van der Waals surface area (Å²) >= 11 is 0. The van der Waals surface area contributed by atoms with Gasteiger partial charge in [0.25, 0.3) is 5.91 Å². The number of alkyl halides is 6. The normalized spacial score (nSPS) is 15.2. The van der Waals surface area contributed by atoms with Gasteiger partial charge >= 0.3 is 24.3 Å². The summed E-state index contributed by atoms with van der Waals surface area (Å²) in [5, 5.41) is 24.5. The monoisotopic (exact) mass is 611 g/mol. The molecular weight excluding hydrogens is 580 g/mol. The van der Waals surface area contributed by atoms with Crippen molar-refractivity contribution in [3.63, 3.8) is 0 Å². The van der Waals surface area contributed by atoms with E-state index in [9.17, 15) is 31.1 Å². The molecule has 0 atom stereocenters. The molecule has 0 spiro atoms. The lowest BCUT2D eigenvalue weighted by Gasteiger charge is -2.19. The van der Waals surface area contributed by atoms with Crippen LogP contribution in [0, 0.1) is 19.8 Å². The Hall–Kier alpha value is -3.89. The van der Waals surface area contributed by atoms with Gasteiger partial charge in [-0.3, -0.25) is 9.69 Å². The number of anilines is 1. The number of carboxylic acid groups (broad SMARTS) is 2. The van der Waals surface area contributed by atoms with Crippen molar-refractivity contribution in [1.29, 1.82) is 0 Å². The Bertz CT molecular complexity index is 1220. The molecule has 42 heavy (non-hydrogen) atoms. The lowest BCUT2D eigenvalue weighted by molar-refractivity contribution is -0.193. The lowest BCUT2D eigenvalue weighted by atomic mass is 10.1. The van der Waals surface area contributed by atoms with Gasteiger partial charge in [-0.05, 0) is 50.7 Å². The Balaban J connectivity index is 0.000000367. The molecular formula is C25H31F6N5O6. The van der Waals surface area contributed by atoms with E-state index in [1.165, 1.54) is 24.0 Å². The Kier molecular flexibility index (Phi) is 11.7. The van der Waals surface area contributed by atoms with Crippen molar-refractivity contribution >= 4 is 23.7 Å². The zero-order valence-electron chi connectivity index (χ0n) is 22.9. The van der Waals surface area contributed by atoms with E-state index in [1.807, 2.05) is 19.9 Å². The number of aromatic nitrogens is 2. The van der Waals surface area contributed by atoms with Crippen LogP contribution in [0.5, 0.6) is 0 Å². The summed E-state index contributed by atoms with van der Waals surface area (Å²) in [4.78, 5) is 37.5. The Morgan fingerprint density at radius 3 is 2.02 bits per heavy atom. The number of hydrogen-bond acceptors (Lipinski definition) is 8. The van der Waals surface area contributed by atoms with E-state index in [0.29, 0.717) is 5.56 Å². The maximum absolute atomic E-state index is 12.4. The fraction of sp³-hybridized carbons (Fsp3) is 0.560. The summed E-state index contributed by atoms with van der Waals surface area (Å²) in [6, 6.07) is 2.04. The molecule has 0 bridgehead atoms. The number of rotatable bonds is 6. The number of pyridine rings is 1. The van der Waals surface area contributed by atoms with Crippen LogP contribution < -0.4 is 10.6 Å². The van der Waals surface area contributed by atoms with Crippen molar-refractivity contribution in [3.05, 3.63) is 39.9 Å². The molecule has 0 unspecified atom stereocenters. The van der Waals surface area contributed by atoms with Crippen LogP contribution in [0.1, 0.15) is 51.5 Å². The van der Waals surface area contributed by atoms with E-state index in [1.54, 1.807) is 7.05 Å². The van der Waals surface area contributed by atoms with E-state index in [2.05, 4.69) is 20.7 Å². The highest BCUT2D eigenvalue weighted by molar-refractivity contribution is 5.98. The third-order valence-corrected chi connectivity index (χ3v) is 6.33. The van der Waals surface area contributed by atoms with Crippen molar-refractivity contribution in [3.8, 4) is 0 Å². The molecule has 0 radical (unpaired) electrons. The Labute approximate surface area is 236 Å². The first-order valence-electron chi connectivity index (χ1n) is 12.7. The number of carbonyl (C=O) groups excluding carboxylic acids is 1. The minimum atomic E-state index is -5.08. The van der Waals surface area contributed by atoms with E-state index in [0.717, 1.165) is 67.9 Å². The quantitative estimate of drug-likeness (QED) is 0.355. The van der Waals surface area contributed by atoms with Gasteiger partial charge in [-0.1, -0.05) is 5.16 Å². The van der Waals surface area contributed by atoms with Gasteiger partial charge in [-0.15, -0.1) is 0 Å². The number of fused-ring (bicyclic) bond motifs is 1. The van der Waals surface area contributed by atoms with Crippen LogP contribution >= 0.6 is 0 Å². The summed E-state index contributed by atoms with van der Waals surface area (Å²) < 4.78 is 68.8. The van der Waals surface area contributed by atoms with Crippen molar-refractivity contribution in [2.24, 2.45) is 5.92 Å². The number of halogens is 6. The van der Waals surface area contributed by atoms with Crippen LogP contribution in [-0.2, 0) is 29.0 Å². The van der Waals surface area contributed by atoms with Gasteiger partial charge in [0, 0.05) is 50.9 Å². The zero-order valence-corrected chi connectivity index (χ0v) is 22.9. The van der Waals surface area contributed by atoms with Gasteiger partial charge in [-0.25, -0.2) is 14.6 Å². The average molecular weight is 612 g/mol. The average Bonchev–Trinajstić information content (AvgIpc) is 3.70. The first-order chi connectivity index (χ1) is 19.4. The standard InChI is InChI=1S/C21H29N5O2.2C2HF3O2/c1-13-18(14(2)28-25-13)12-26-8-6-16-10-17(21(27)22-3)20(23-11-15-4-5-15)24-19(16)7-9-26;2*3-2(4,5)1(6)7/h10,15H,4-9,11-12H2,1-3H3,(H,22,27)(H,23,24);2*(H,6,7). The predicted molar refractivity (Wildman–Crippen MR) is 135 cm³/mol. The van der Waals surface area contributed by atoms with Crippen LogP contribution in [0.2, 0.25) is 0 Å². The molecule has 11 nitrogen and oxygen atoms in total. The highest BCUT2D eigenvalue weighted by Gasteiger charge is 2.39.